The largest absolute Gasteiger partial charge is 0.467 e. The smallest absolute Gasteiger partial charge is 0.310 e. The number of halogens is 1. The van der Waals surface area contributed by atoms with E-state index in [1.54, 1.807) is 30.5 Å². The number of nitrogens with one attached hydrogen (secondary N) is 1. The van der Waals surface area contributed by atoms with Gasteiger partial charge in [-0.2, -0.15) is 0 Å². The lowest BCUT2D eigenvalue weighted by atomic mass is 10.2. The zero-order valence-corrected chi connectivity index (χ0v) is 10.3. The molecule has 0 aliphatic heterocycles. The van der Waals surface area contributed by atoms with Crippen molar-refractivity contribution in [2.45, 2.75) is 13.0 Å². The van der Waals surface area contributed by atoms with Gasteiger partial charge in [0.1, 0.15) is 16.5 Å². The van der Waals surface area contributed by atoms with Gasteiger partial charge in [0.2, 0.25) is 0 Å². The highest BCUT2D eigenvalue weighted by Gasteiger charge is 2.20. The molecule has 1 N–H and O–H groups in total. The first-order valence-corrected chi connectivity index (χ1v) is 5.70. The van der Waals surface area contributed by atoms with E-state index in [4.69, 9.17) is 16.0 Å². The van der Waals surface area contributed by atoms with Crippen molar-refractivity contribution in [3.05, 3.63) is 57.5 Å². The van der Waals surface area contributed by atoms with Crippen molar-refractivity contribution in [1.29, 1.82) is 0 Å². The van der Waals surface area contributed by atoms with Crippen molar-refractivity contribution < 1.29 is 9.34 Å². The average molecular weight is 267 g/mol. The molecule has 0 saturated heterocycles. The van der Waals surface area contributed by atoms with Crippen LogP contribution in [0, 0.1) is 10.1 Å². The summed E-state index contributed by atoms with van der Waals surface area (Å²) in [6, 6.07) is 8.14. The zero-order valence-electron chi connectivity index (χ0n) is 9.59. The molecule has 0 amide bonds. The monoisotopic (exact) mass is 266 g/mol. The third kappa shape index (κ3) is 2.46. The predicted molar refractivity (Wildman–Crippen MR) is 68.9 cm³/mol. The van der Waals surface area contributed by atoms with E-state index in [0.717, 1.165) is 0 Å². The highest BCUT2D eigenvalue weighted by Crippen LogP contribution is 2.34. The Labute approximate surface area is 109 Å². The average Bonchev–Trinajstić information content (AvgIpc) is 2.81. The number of benzene rings is 1. The minimum absolute atomic E-state index is 0.108. The molecule has 94 valence electrons. The Morgan fingerprint density at radius 2 is 2.17 bits per heavy atom. The van der Waals surface area contributed by atoms with E-state index in [9.17, 15) is 10.1 Å². The topological polar surface area (TPSA) is 68.3 Å². The van der Waals surface area contributed by atoms with Crippen molar-refractivity contribution in [2.24, 2.45) is 0 Å². The number of furan rings is 1. The van der Waals surface area contributed by atoms with Gasteiger partial charge in [-0.3, -0.25) is 10.1 Å². The number of nitrogens with zero attached hydrogens (tertiary/aromatic N) is 1. The maximum Gasteiger partial charge on any atom is 0.310 e. The number of nitro groups is 1. The van der Waals surface area contributed by atoms with E-state index < -0.39 is 4.92 Å². The van der Waals surface area contributed by atoms with Crippen LogP contribution in [0.15, 0.2) is 41.0 Å². The number of hydrogen-bond acceptors (Lipinski definition) is 4. The van der Waals surface area contributed by atoms with Crippen LogP contribution in [0.5, 0.6) is 0 Å². The Kier molecular flexibility index (Phi) is 3.53. The second kappa shape index (κ2) is 5.10. The summed E-state index contributed by atoms with van der Waals surface area (Å²) in [6.45, 7) is 1.85. The molecule has 1 aromatic carbocycles. The molecule has 0 aliphatic carbocycles. The molecule has 6 heteroatoms. The predicted octanol–water partition coefficient (Wildman–Crippen LogP) is 4.01. The fraction of sp³-hybridized carbons (Fsp3) is 0.167. The van der Waals surface area contributed by atoms with Crippen LogP contribution >= 0.6 is 11.6 Å². The number of rotatable bonds is 4. The van der Waals surface area contributed by atoms with Gasteiger partial charge < -0.3 is 9.73 Å². The molecule has 0 spiro atoms. The van der Waals surface area contributed by atoms with Crippen molar-refractivity contribution in [3.63, 3.8) is 0 Å². The molecule has 2 aromatic rings. The van der Waals surface area contributed by atoms with Crippen LogP contribution in [-0.4, -0.2) is 4.92 Å². The quantitative estimate of drug-likeness (QED) is 0.670. The van der Waals surface area contributed by atoms with Gasteiger partial charge in [0, 0.05) is 0 Å². The van der Waals surface area contributed by atoms with Crippen LogP contribution in [0.4, 0.5) is 11.4 Å². The molecule has 1 atom stereocenters. The SMILES string of the molecule is CC(Nc1cccc(Cl)c1[N+](=O)[O-])c1ccco1. The normalized spacial score (nSPS) is 12.1. The van der Waals surface area contributed by atoms with Crippen LogP contribution in [0.1, 0.15) is 18.7 Å². The van der Waals surface area contributed by atoms with E-state index in [0.29, 0.717) is 11.4 Å². The molecule has 0 radical (unpaired) electrons. The Morgan fingerprint density at radius 1 is 1.39 bits per heavy atom. The fourth-order valence-corrected chi connectivity index (χ4v) is 1.90. The minimum Gasteiger partial charge on any atom is -0.467 e. The maximum atomic E-state index is 11.0. The van der Waals surface area contributed by atoms with Crippen LogP contribution < -0.4 is 5.32 Å². The molecule has 18 heavy (non-hydrogen) atoms. The molecule has 2 rings (SSSR count). The van der Waals surface area contributed by atoms with E-state index in [-0.39, 0.29) is 16.8 Å². The van der Waals surface area contributed by atoms with Crippen LogP contribution in [0.2, 0.25) is 5.02 Å². The lowest BCUT2D eigenvalue weighted by molar-refractivity contribution is -0.383. The lowest BCUT2D eigenvalue weighted by Gasteiger charge is -2.13. The first kappa shape index (κ1) is 12.4. The van der Waals surface area contributed by atoms with E-state index >= 15 is 0 Å². The summed E-state index contributed by atoms with van der Waals surface area (Å²) in [7, 11) is 0. The summed E-state index contributed by atoms with van der Waals surface area (Å²) < 4.78 is 5.23. The summed E-state index contributed by atoms with van der Waals surface area (Å²) >= 11 is 5.83. The molecule has 0 saturated carbocycles. The minimum atomic E-state index is -0.500. The van der Waals surface area contributed by atoms with Crippen molar-refractivity contribution in [1.82, 2.24) is 0 Å². The molecular formula is C12H11ClN2O3. The molecule has 1 heterocycles. The Bertz CT molecular complexity index is 554. The zero-order chi connectivity index (χ0) is 13.1. The third-order valence-corrected chi connectivity index (χ3v) is 2.82. The van der Waals surface area contributed by atoms with Gasteiger partial charge in [-0.05, 0) is 31.2 Å². The first-order chi connectivity index (χ1) is 8.59. The second-order valence-corrected chi connectivity index (χ2v) is 4.18. The first-order valence-electron chi connectivity index (χ1n) is 5.32. The second-order valence-electron chi connectivity index (χ2n) is 3.77. The van der Waals surface area contributed by atoms with Gasteiger partial charge in [0.05, 0.1) is 17.2 Å². The highest BCUT2D eigenvalue weighted by atomic mass is 35.5. The Balaban J connectivity index is 2.29. The molecule has 0 bridgehead atoms. The van der Waals surface area contributed by atoms with Crippen LogP contribution in [0.25, 0.3) is 0 Å². The van der Waals surface area contributed by atoms with Gasteiger partial charge in [0.15, 0.2) is 0 Å². The molecule has 5 nitrogen and oxygen atoms in total. The third-order valence-electron chi connectivity index (χ3n) is 2.51. The molecule has 1 aromatic heterocycles. The Morgan fingerprint density at radius 3 is 2.78 bits per heavy atom. The summed E-state index contributed by atoms with van der Waals surface area (Å²) in [4.78, 5) is 10.5. The summed E-state index contributed by atoms with van der Waals surface area (Å²) in [5, 5.41) is 14.1. The van der Waals surface area contributed by atoms with Gasteiger partial charge in [-0.15, -0.1) is 0 Å². The van der Waals surface area contributed by atoms with Crippen molar-refractivity contribution in [3.8, 4) is 0 Å². The van der Waals surface area contributed by atoms with Crippen LogP contribution in [0.3, 0.4) is 0 Å². The number of hydrogen-bond donors (Lipinski definition) is 1. The van der Waals surface area contributed by atoms with E-state index in [2.05, 4.69) is 5.32 Å². The van der Waals surface area contributed by atoms with Crippen molar-refractivity contribution >= 4 is 23.0 Å². The summed E-state index contributed by atoms with van der Waals surface area (Å²) in [6.07, 6.45) is 1.56. The number of para-hydroxylation sites is 1. The number of nitro benzene ring substituents is 1. The van der Waals surface area contributed by atoms with Gasteiger partial charge in [-0.25, -0.2) is 0 Å². The molecule has 1 unspecified atom stereocenters. The summed E-state index contributed by atoms with van der Waals surface area (Å²) in [5.74, 6) is 0.698. The van der Waals surface area contributed by atoms with Gasteiger partial charge >= 0.3 is 5.69 Å². The standard InChI is InChI=1S/C12H11ClN2O3/c1-8(11-6-3-7-18-11)14-10-5-2-4-9(13)12(10)15(16)17/h2-8,14H,1H3. The van der Waals surface area contributed by atoms with Gasteiger partial charge in [0.25, 0.3) is 0 Å². The Hall–Kier alpha value is -2.01. The maximum absolute atomic E-state index is 11.0. The highest BCUT2D eigenvalue weighted by molar-refractivity contribution is 6.33. The lowest BCUT2D eigenvalue weighted by Crippen LogP contribution is -2.07. The molecular weight excluding hydrogens is 256 g/mol. The van der Waals surface area contributed by atoms with Crippen LogP contribution in [-0.2, 0) is 0 Å². The molecule has 0 aliphatic rings. The van der Waals surface area contributed by atoms with E-state index in [1.165, 1.54) is 6.07 Å². The molecule has 0 fully saturated rings. The fourth-order valence-electron chi connectivity index (χ4n) is 1.66. The van der Waals surface area contributed by atoms with Crippen molar-refractivity contribution in [2.75, 3.05) is 5.32 Å². The van der Waals surface area contributed by atoms with Gasteiger partial charge in [-0.1, -0.05) is 17.7 Å². The summed E-state index contributed by atoms with van der Waals surface area (Å²) in [5.41, 5.74) is 0.244. The van der Waals surface area contributed by atoms with E-state index in [1.807, 2.05) is 6.92 Å². The number of anilines is 1.